The highest BCUT2D eigenvalue weighted by Crippen LogP contribution is 2.16. The fraction of sp³-hybridized carbons (Fsp3) is 1.00. The minimum absolute atomic E-state index is 0.0125. The van der Waals surface area contributed by atoms with E-state index in [1.807, 2.05) is 0 Å². The SMILES string of the molecule is CCCC[N+](CCCC)(CCCC)CCCC.O=S(=O)(O)CCCCS(=O)(=O)O. The maximum atomic E-state index is 10.1. The van der Waals surface area contributed by atoms with Gasteiger partial charge in [-0.1, -0.05) is 53.4 Å². The van der Waals surface area contributed by atoms with E-state index in [2.05, 4.69) is 27.7 Å². The molecule has 2 N–H and O–H groups in total. The van der Waals surface area contributed by atoms with Crippen molar-refractivity contribution >= 4 is 20.2 Å². The molecule has 29 heavy (non-hydrogen) atoms. The Morgan fingerprint density at radius 3 is 0.931 bits per heavy atom. The van der Waals surface area contributed by atoms with Gasteiger partial charge >= 0.3 is 0 Å². The molecule has 0 radical (unpaired) electrons. The molecule has 0 spiro atoms. The summed E-state index contributed by atoms with van der Waals surface area (Å²) in [6.07, 6.45) is 11.1. The van der Waals surface area contributed by atoms with E-state index >= 15 is 0 Å². The standard InChI is InChI=1S/C16H36N.C4H10O6S2/c1-5-9-13-17(14-10-6-2,15-11-7-3)16-12-8-4;5-11(6,7)3-1-2-4-12(8,9)10/h5-16H2,1-4H3;1-4H2,(H,5,6,7)(H,8,9,10)/q+1;. The van der Waals surface area contributed by atoms with Crippen LogP contribution in [0.5, 0.6) is 0 Å². The first-order valence-electron chi connectivity index (χ1n) is 11.2. The fourth-order valence-corrected chi connectivity index (χ4v) is 4.35. The van der Waals surface area contributed by atoms with Crippen molar-refractivity contribution in [2.24, 2.45) is 0 Å². The lowest BCUT2D eigenvalue weighted by atomic mass is 10.1. The molecule has 0 aliphatic carbocycles. The molecule has 0 amide bonds. The summed E-state index contributed by atoms with van der Waals surface area (Å²) >= 11 is 0. The van der Waals surface area contributed by atoms with Gasteiger partial charge in [0.05, 0.1) is 37.7 Å². The van der Waals surface area contributed by atoms with Crippen LogP contribution in [-0.2, 0) is 20.2 Å². The van der Waals surface area contributed by atoms with Crippen LogP contribution in [0, 0.1) is 0 Å². The van der Waals surface area contributed by atoms with Gasteiger partial charge in [-0.05, 0) is 38.5 Å². The van der Waals surface area contributed by atoms with Crippen molar-refractivity contribution < 1.29 is 30.4 Å². The highest BCUT2D eigenvalue weighted by molar-refractivity contribution is 7.86. The van der Waals surface area contributed by atoms with E-state index in [1.54, 1.807) is 0 Å². The number of hydrogen-bond donors (Lipinski definition) is 2. The van der Waals surface area contributed by atoms with Crippen molar-refractivity contribution in [1.29, 1.82) is 0 Å². The van der Waals surface area contributed by atoms with E-state index in [-0.39, 0.29) is 12.8 Å². The van der Waals surface area contributed by atoms with Gasteiger partial charge in [-0.2, -0.15) is 16.8 Å². The minimum atomic E-state index is -4.02. The van der Waals surface area contributed by atoms with Crippen LogP contribution < -0.4 is 0 Å². The Labute approximate surface area is 180 Å². The van der Waals surface area contributed by atoms with Crippen molar-refractivity contribution in [1.82, 2.24) is 0 Å². The van der Waals surface area contributed by atoms with Crippen LogP contribution in [0.1, 0.15) is 91.9 Å². The number of hydrogen-bond acceptors (Lipinski definition) is 4. The first kappa shape index (κ1) is 31.0. The molecule has 0 saturated heterocycles. The molecule has 0 fully saturated rings. The van der Waals surface area contributed by atoms with Crippen LogP contribution >= 0.6 is 0 Å². The molecule has 0 rings (SSSR count). The molecule has 7 nitrogen and oxygen atoms in total. The van der Waals surface area contributed by atoms with Gasteiger partial charge in [-0.3, -0.25) is 9.11 Å². The molecule has 0 aliphatic rings. The van der Waals surface area contributed by atoms with E-state index < -0.39 is 31.7 Å². The highest BCUT2D eigenvalue weighted by atomic mass is 32.2. The van der Waals surface area contributed by atoms with E-state index in [0.717, 1.165) is 0 Å². The third kappa shape index (κ3) is 22.3. The molecular weight excluding hydrogens is 414 g/mol. The maximum Gasteiger partial charge on any atom is 0.264 e. The van der Waals surface area contributed by atoms with Crippen LogP contribution in [0.3, 0.4) is 0 Å². The fourth-order valence-electron chi connectivity index (χ4n) is 3.21. The van der Waals surface area contributed by atoms with Crippen LogP contribution in [0.2, 0.25) is 0 Å². The average molecular weight is 461 g/mol. The van der Waals surface area contributed by atoms with E-state index in [4.69, 9.17) is 9.11 Å². The van der Waals surface area contributed by atoms with Crippen molar-refractivity contribution in [2.75, 3.05) is 37.7 Å². The van der Waals surface area contributed by atoms with Gasteiger partial charge in [0.15, 0.2) is 0 Å². The normalized spacial score (nSPS) is 12.5. The summed E-state index contributed by atoms with van der Waals surface area (Å²) in [6.45, 7) is 15.0. The third-order valence-electron chi connectivity index (χ3n) is 5.00. The molecule has 0 unspecified atom stereocenters. The number of quaternary nitrogens is 1. The van der Waals surface area contributed by atoms with Gasteiger partial charge in [-0.25, -0.2) is 0 Å². The second-order valence-corrected chi connectivity index (χ2v) is 11.1. The number of nitrogens with zero attached hydrogens (tertiary/aromatic N) is 1. The number of rotatable bonds is 17. The summed E-state index contributed by atoms with van der Waals surface area (Å²) in [4.78, 5) is 0. The Balaban J connectivity index is 0. The summed E-state index contributed by atoms with van der Waals surface area (Å²) in [7, 11) is -8.04. The van der Waals surface area contributed by atoms with Gasteiger partial charge < -0.3 is 4.48 Å². The minimum Gasteiger partial charge on any atom is -0.324 e. The van der Waals surface area contributed by atoms with Crippen LogP contribution in [0.25, 0.3) is 0 Å². The molecule has 9 heteroatoms. The molecule has 0 atom stereocenters. The summed E-state index contributed by atoms with van der Waals surface area (Å²) < 4.78 is 58.2. The monoisotopic (exact) mass is 460 g/mol. The number of unbranched alkanes of at least 4 members (excludes halogenated alkanes) is 5. The average Bonchev–Trinajstić information content (AvgIpc) is 2.63. The molecule has 178 valence electrons. The molecule has 0 aromatic heterocycles. The highest BCUT2D eigenvalue weighted by Gasteiger charge is 2.24. The van der Waals surface area contributed by atoms with Crippen LogP contribution in [0.4, 0.5) is 0 Å². The quantitative estimate of drug-likeness (QED) is 0.187. The Morgan fingerprint density at radius 2 is 0.759 bits per heavy atom. The molecule has 0 heterocycles. The van der Waals surface area contributed by atoms with E-state index in [1.165, 1.54) is 82.0 Å². The van der Waals surface area contributed by atoms with Gasteiger partial charge in [-0.15, -0.1) is 0 Å². The zero-order valence-corrected chi connectivity index (χ0v) is 20.7. The van der Waals surface area contributed by atoms with Crippen molar-refractivity contribution in [3.8, 4) is 0 Å². The largest absolute Gasteiger partial charge is 0.324 e. The predicted molar refractivity (Wildman–Crippen MR) is 121 cm³/mol. The van der Waals surface area contributed by atoms with Gasteiger partial charge in [0.25, 0.3) is 20.2 Å². The molecule has 0 aromatic carbocycles. The third-order valence-corrected chi connectivity index (χ3v) is 6.61. The van der Waals surface area contributed by atoms with Gasteiger partial charge in [0.2, 0.25) is 0 Å². The second-order valence-electron chi connectivity index (χ2n) is 7.93. The van der Waals surface area contributed by atoms with Crippen LogP contribution in [0.15, 0.2) is 0 Å². The second kappa shape index (κ2) is 17.5. The van der Waals surface area contributed by atoms with Crippen molar-refractivity contribution in [3.63, 3.8) is 0 Å². The molecule has 0 aromatic rings. The Bertz CT molecular complexity index is 504. The summed E-state index contributed by atoms with van der Waals surface area (Å²) in [6, 6.07) is 0. The van der Waals surface area contributed by atoms with E-state index in [9.17, 15) is 16.8 Å². The lowest BCUT2D eigenvalue weighted by Gasteiger charge is -2.39. The predicted octanol–water partition coefficient (Wildman–Crippen LogP) is 4.55. The topological polar surface area (TPSA) is 109 Å². The smallest absolute Gasteiger partial charge is 0.264 e. The summed E-state index contributed by atoms with van der Waals surface area (Å²) in [5.74, 6) is -0.967. The van der Waals surface area contributed by atoms with Gasteiger partial charge in [0, 0.05) is 0 Å². The summed E-state index contributed by atoms with van der Waals surface area (Å²) in [5.41, 5.74) is 0. The first-order chi connectivity index (χ1) is 13.4. The van der Waals surface area contributed by atoms with Crippen molar-refractivity contribution in [2.45, 2.75) is 91.9 Å². The van der Waals surface area contributed by atoms with Gasteiger partial charge in [0.1, 0.15) is 0 Å². The molecule has 0 bridgehead atoms. The zero-order valence-electron chi connectivity index (χ0n) is 19.1. The first-order valence-corrected chi connectivity index (χ1v) is 14.4. The summed E-state index contributed by atoms with van der Waals surface area (Å²) in [5, 5.41) is 0. The van der Waals surface area contributed by atoms with Crippen molar-refractivity contribution in [3.05, 3.63) is 0 Å². The lowest BCUT2D eigenvalue weighted by molar-refractivity contribution is -0.929. The maximum absolute atomic E-state index is 10.1. The Hall–Kier alpha value is -0.220. The Kier molecular flexibility index (Phi) is 18.6. The van der Waals surface area contributed by atoms with Crippen LogP contribution in [-0.4, -0.2) is 68.1 Å². The molecular formula is C20H46NO6S2+. The lowest BCUT2D eigenvalue weighted by Crippen LogP contribution is -2.50. The molecule has 0 aliphatic heterocycles. The van der Waals surface area contributed by atoms with E-state index in [0.29, 0.717) is 0 Å². The molecule has 0 saturated carbocycles. The Morgan fingerprint density at radius 1 is 0.517 bits per heavy atom. The zero-order chi connectivity index (χ0) is 22.8.